The summed E-state index contributed by atoms with van der Waals surface area (Å²) in [6, 6.07) is 3.22. The Morgan fingerprint density at radius 3 is 2.89 bits per heavy atom. The molecular formula is C12H14N4O2. The summed E-state index contributed by atoms with van der Waals surface area (Å²) in [5, 5.41) is 12.1. The molecule has 0 unspecified atom stereocenters. The van der Waals surface area contributed by atoms with Crippen molar-refractivity contribution in [3.8, 4) is 0 Å². The molecule has 0 aliphatic heterocycles. The van der Waals surface area contributed by atoms with E-state index in [1.807, 2.05) is 24.7 Å². The molecule has 2 heterocycles. The van der Waals surface area contributed by atoms with Crippen molar-refractivity contribution in [3.05, 3.63) is 41.6 Å². The minimum atomic E-state index is -0.996. The van der Waals surface area contributed by atoms with Crippen LogP contribution in [0.5, 0.6) is 0 Å². The number of pyridine rings is 1. The van der Waals surface area contributed by atoms with Gasteiger partial charge in [-0.15, -0.1) is 0 Å². The average molecular weight is 246 g/mol. The van der Waals surface area contributed by atoms with Crippen molar-refractivity contribution in [1.29, 1.82) is 0 Å². The summed E-state index contributed by atoms with van der Waals surface area (Å²) >= 11 is 0. The molecule has 0 bridgehead atoms. The first-order valence-corrected chi connectivity index (χ1v) is 5.49. The minimum absolute atomic E-state index is 0.162. The fraction of sp³-hybridized carbons (Fsp3) is 0.250. The smallest absolute Gasteiger partial charge is 0.339 e. The predicted octanol–water partition coefficient (Wildman–Crippen LogP) is 1.43. The fourth-order valence-corrected chi connectivity index (χ4v) is 1.59. The molecule has 2 N–H and O–H groups in total. The van der Waals surface area contributed by atoms with Gasteiger partial charge >= 0.3 is 5.97 Å². The molecule has 94 valence electrons. The van der Waals surface area contributed by atoms with E-state index in [0.29, 0.717) is 12.4 Å². The Morgan fingerprint density at radius 2 is 2.28 bits per heavy atom. The first kappa shape index (κ1) is 12.1. The molecule has 2 aromatic heterocycles. The normalized spacial score (nSPS) is 10.3. The van der Waals surface area contributed by atoms with Crippen LogP contribution in [0, 0.1) is 6.92 Å². The Morgan fingerprint density at radius 1 is 1.50 bits per heavy atom. The third-order valence-electron chi connectivity index (χ3n) is 2.60. The Hall–Kier alpha value is -2.37. The van der Waals surface area contributed by atoms with Gasteiger partial charge in [0.25, 0.3) is 0 Å². The number of hydrogen-bond donors (Lipinski definition) is 2. The van der Waals surface area contributed by atoms with Gasteiger partial charge in [-0.25, -0.2) is 14.8 Å². The van der Waals surface area contributed by atoms with Crippen LogP contribution in [0.2, 0.25) is 0 Å². The van der Waals surface area contributed by atoms with Crippen LogP contribution in [0.15, 0.2) is 24.5 Å². The Balaban J connectivity index is 2.20. The quantitative estimate of drug-likeness (QED) is 0.853. The first-order valence-electron chi connectivity index (χ1n) is 5.49. The van der Waals surface area contributed by atoms with Crippen molar-refractivity contribution >= 4 is 11.8 Å². The number of carboxylic acid groups (broad SMARTS) is 1. The summed E-state index contributed by atoms with van der Waals surface area (Å²) in [5.74, 6) is 0.185. The van der Waals surface area contributed by atoms with Gasteiger partial charge in [-0.05, 0) is 19.1 Å². The standard InChI is InChI=1S/C12H14N4O2/c1-8-3-4-9(12(17)18)11(15-8)14-7-10-13-5-6-16(10)2/h3-6H,7H2,1-2H3,(H,14,15)(H,17,18). The molecule has 2 aromatic rings. The number of anilines is 1. The van der Waals surface area contributed by atoms with Crippen LogP contribution < -0.4 is 5.32 Å². The molecule has 0 spiro atoms. The summed E-state index contributed by atoms with van der Waals surface area (Å²) in [4.78, 5) is 19.4. The largest absolute Gasteiger partial charge is 0.478 e. The molecule has 6 heteroatoms. The third-order valence-corrected chi connectivity index (χ3v) is 2.60. The number of aryl methyl sites for hydroxylation is 2. The van der Waals surface area contributed by atoms with Gasteiger partial charge in [-0.2, -0.15) is 0 Å². The summed E-state index contributed by atoms with van der Waals surface area (Å²) in [6.07, 6.45) is 3.53. The van der Waals surface area contributed by atoms with E-state index in [2.05, 4.69) is 15.3 Å². The maximum atomic E-state index is 11.1. The lowest BCUT2D eigenvalue weighted by atomic mass is 10.2. The van der Waals surface area contributed by atoms with E-state index in [0.717, 1.165) is 11.5 Å². The number of imidazole rings is 1. The zero-order chi connectivity index (χ0) is 13.1. The van der Waals surface area contributed by atoms with Crippen LogP contribution in [0.4, 0.5) is 5.82 Å². The van der Waals surface area contributed by atoms with Crippen molar-refractivity contribution in [2.24, 2.45) is 7.05 Å². The van der Waals surface area contributed by atoms with Gasteiger partial charge in [-0.3, -0.25) is 0 Å². The molecule has 0 aromatic carbocycles. The van der Waals surface area contributed by atoms with E-state index < -0.39 is 5.97 Å². The van der Waals surface area contributed by atoms with Gasteiger partial charge in [0.2, 0.25) is 0 Å². The van der Waals surface area contributed by atoms with Crippen molar-refractivity contribution in [2.75, 3.05) is 5.32 Å². The number of aromatic carboxylic acids is 1. The van der Waals surface area contributed by atoms with Crippen molar-refractivity contribution < 1.29 is 9.90 Å². The highest BCUT2D eigenvalue weighted by molar-refractivity contribution is 5.93. The van der Waals surface area contributed by atoms with E-state index in [4.69, 9.17) is 5.11 Å². The molecular weight excluding hydrogens is 232 g/mol. The Bertz CT molecular complexity index is 577. The molecule has 0 saturated heterocycles. The number of carboxylic acids is 1. The molecule has 18 heavy (non-hydrogen) atoms. The topological polar surface area (TPSA) is 80.0 Å². The second kappa shape index (κ2) is 4.87. The molecule has 0 atom stereocenters. The summed E-state index contributed by atoms with van der Waals surface area (Å²) in [6.45, 7) is 2.25. The van der Waals surface area contributed by atoms with Crippen LogP contribution in [-0.4, -0.2) is 25.6 Å². The van der Waals surface area contributed by atoms with Crippen molar-refractivity contribution in [1.82, 2.24) is 14.5 Å². The number of aromatic nitrogens is 3. The van der Waals surface area contributed by atoms with Gasteiger partial charge in [0, 0.05) is 25.1 Å². The van der Waals surface area contributed by atoms with Gasteiger partial charge in [0.05, 0.1) is 6.54 Å². The molecule has 6 nitrogen and oxygen atoms in total. The third kappa shape index (κ3) is 2.48. The van der Waals surface area contributed by atoms with E-state index in [1.165, 1.54) is 0 Å². The fourth-order valence-electron chi connectivity index (χ4n) is 1.59. The second-order valence-corrected chi connectivity index (χ2v) is 3.96. The number of nitrogens with one attached hydrogen (secondary N) is 1. The van der Waals surface area contributed by atoms with Crippen LogP contribution in [0.3, 0.4) is 0 Å². The van der Waals surface area contributed by atoms with Crippen LogP contribution in [-0.2, 0) is 13.6 Å². The Kier molecular flexibility index (Phi) is 3.27. The molecule has 0 saturated carbocycles. The van der Waals surface area contributed by atoms with Crippen LogP contribution in [0.25, 0.3) is 0 Å². The van der Waals surface area contributed by atoms with Crippen molar-refractivity contribution in [2.45, 2.75) is 13.5 Å². The molecule has 2 rings (SSSR count). The van der Waals surface area contributed by atoms with E-state index >= 15 is 0 Å². The lowest BCUT2D eigenvalue weighted by Gasteiger charge is -2.09. The van der Waals surface area contributed by atoms with Crippen LogP contribution >= 0.6 is 0 Å². The van der Waals surface area contributed by atoms with Gasteiger partial charge < -0.3 is 15.0 Å². The maximum Gasteiger partial charge on any atom is 0.339 e. The monoisotopic (exact) mass is 246 g/mol. The molecule has 0 amide bonds. The van der Waals surface area contributed by atoms with Gasteiger partial charge in [0.15, 0.2) is 0 Å². The molecule has 0 fully saturated rings. The van der Waals surface area contributed by atoms with E-state index in [9.17, 15) is 4.79 Å². The lowest BCUT2D eigenvalue weighted by molar-refractivity contribution is 0.0697. The number of nitrogens with zero attached hydrogens (tertiary/aromatic N) is 3. The number of hydrogen-bond acceptors (Lipinski definition) is 4. The molecule has 0 radical (unpaired) electrons. The summed E-state index contributed by atoms with van der Waals surface area (Å²) < 4.78 is 1.86. The predicted molar refractivity (Wildman–Crippen MR) is 66.5 cm³/mol. The lowest BCUT2D eigenvalue weighted by Crippen LogP contribution is -2.11. The first-order chi connectivity index (χ1) is 8.58. The average Bonchev–Trinajstić information content (AvgIpc) is 2.72. The van der Waals surface area contributed by atoms with Gasteiger partial charge in [-0.1, -0.05) is 0 Å². The SMILES string of the molecule is Cc1ccc(C(=O)O)c(NCc2nccn2C)n1. The minimum Gasteiger partial charge on any atom is -0.478 e. The second-order valence-electron chi connectivity index (χ2n) is 3.96. The zero-order valence-electron chi connectivity index (χ0n) is 10.2. The summed E-state index contributed by atoms with van der Waals surface area (Å²) in [5.41, 5.74) is 0.928. The Labute approximate surface area is 104 Å². The van der Waals surface area contributed by atoms with E-state index in [1.54, 1.807) is 18.3 Å². The highest BCUT2D eigenvalue weighted by atomic mass is 16.4. The van der Waals surface area contributed by atoms with Crippen molar-refractivity contribution in [3.63, 3.8) is 0 Å². The highest BCUT2D eigenvalue weighted by Gasteiger charge is 2.11. The molecule has 0 aliphatic carbocycles. The highest BCUT2D eigenvalue weighted by Crippen LogP contribution is 2.14. The molecule has 0 aliphatic rings. The van der Waals surface area contributed by atoms with E-state index in [-0.39, 0.29) is 5.56 Å². The zero-order valence-corrected chi connectivity index (χ0v) is 10.2. The number of carbonyl (C=O) groups is 1. The number of rotatable bonds is 4. The van der Waals surface area contributed by atoms with Crippen LogP contribution in [0.1, 0.15) is 21.9 Å². The maximum absolute atomic E-state index is 11.1. The summed E-state index contributed by atoms with van der Waals surface area (Å²) in [7, 11) is 1.88. The van der Waals surface area contributed by atoms with Gasteiger partial charge in [0.1, 0.15) is 17.2 Å².